The Kier molecular flexibility index (Phi) is 9.42. The molecule has 1 fully saturated rings. The van der Waals surface area contributed by atoms with Crippen LogP contribution < -0.4 is 21.6 Å². The van der Waals surface area contributed by atoms with Gasteiger partial charge in [0.2, 0.25) is 5.91 Å². The highest BCUT2D eigenvalue weighted by molar-refractivity contribution is 5.95. The summed E-state index contributed by atoms with van der Waals surface area (Å²) in [6, 6.07) is 18.1. The SMILES string of the molecule is CNC(=O)c1ccc2c(c1)CCc1cc(C(=O)NC)ccc1C2(CCNCC(=O)N1CCCC1C#N)c1nn(-c2ccc(F)cc2)c(=O)[nH]1. The minimum Gasteiger partial charge on any atom is -0.355 e. The van der Waals surface area contributed by atoms with Gasteiger partial charge in [-0.3, -0.25) is 19.4 Å². The number of nitrogens with zero attached hydrogens (tertiary/aromatic N) is 4. The number of rotatable bonds is 9. The van der Waals surface area contributed by atoms with Crippen LogP contribution in [-0.2, 0) is 23.1 Å². The standard InChI is InChI=1S/C36H37FN8O4/c1-39-32(47)24-7-13-29-22(18-24)5-6-23-19-25(33(48)40-2)8-14-30(23)36(29,15-16-41-21-31(46)44-17-3-4-28(44)20-38)34-42-35(49)45(43-34)27-11-9-26(37)10-12-27/h7-14,18-19,28,41H,3-6,15-17,21H2,1-2H3,(H,39,47)(H,40,48)(H,42,43,49). The molecule has 12 nitrogen and oxygen atoms in total. The van der Waals surface area contributed by atoms with Crippen LogP contribution in [0.15, 0.2) is 65.5 Å². The Morgan fingerprint density at radius 2 is 1.59 bits per heavy atom. The van der Waals surface area contributed by atoms with Crippen LogP contribution in [0.3, 0.4) is 0 Å². The monoisotopic (exact) mass is 664 g/mol. The van der Waals surface area contributed by atoms with Crippen molar-refractivity contribution in [3.8, 4) is 11.8 Å². The van der Waals surface area contributed by atoms with Crippen LogP contribution in [0.4, 0.5) is 4.39 Å². The zero-order valence-electron chi connectivity index (χ0n) is 27.3. The van der Waals surface area contributed by atoms with E-state index < -0.39 is 23.0 Å². The molecule has 49 heavy (non-hydrogen) atoms. The van der Waals surface area contributed by atoms with Gasteiger partial charge in [0, 0.05) is 31.8 Å². The van der Waals surface area contributed by atoms with Crippen LogP contribution in [-0.4, -0.2) is 77.2 Å². The molecular formula is C36H37FN8O4. The lowest BCUT2D eigenvalue weighted by atomic mass is 9.69. The number of likely N-dealkylation sites (tertiary alicyclic amines) is 1. The number of aryl methyl sites for hydroxylation is 2. The topological polar surface area (TPSA) is 165 Å². The van der Waals surface area contributed by atoms with E-state index in [0.717, 1.165) is 28.7 Å². The molecule has 6 rings (SSSR count). The van der Waals surface area contributed by atoms with Gasteiger partial charge in [-0.25, -0.2) is 9.18 Å². The molecule has 0 bridgehead atoms. The highest BCUT2D eigenvalue weighted by Gasteiger charge is 2.44. The van der Waals surface area contributed by atoms with Crippen molar-refractivity contribution in [2.24, 2.45) is 0 Å². The Morgan fingerprint density at radius 3 is 2.16 bits per heavy atom. The number of carbonyl (C=O) groups excluding carboxylic acids is 3. The molecule has 1 aromatic heterocycles. The summed E-state index contributed by atoms with van der Waals surface area (Å²) >= 11 is 0. The number of aromatic nitrogens is 3. The first-order valence-electron chi connectivity index (χ1n) is 16.3. The average molecular weight is 665 g/mol. The highest BCUT2D eigenvalue weighted by Crippen LogP contribution is 2.46. The molecule has 4 aromatic rings. The van der Waals surface area contributed by atoms with Gasteiger partial charge in [0.1, 0.15) is 17.7 Å². The second-order valence-corrected chi connectivity index (χ2v) is 12.3. The summed E-state index contributed by atoms with van der Waals surface area (Å²) in [5, 5.41) is 22.9. The third-order valence-electron chi connectivity index (χ3n) is 9.54. The van der Waals surface area contributed by atoms with Crippen molar-refractivity contribution in [3.05, 3.63) is 116 Å². The molecule has 3 amide bonds. The third kappa shape index (κ3) is 6.23. The van der Waals surface area contributed by atoms with E-state index in [0.29, 0.717) is 61.4 Å². The van der Waals surface area contributed by atoms with Gasteiger partial charge in [-0.2, -0.15) is 9.94 Å². The van der Waals surface area contributed by atoms with Crippen molar-refractivity contribution >= 4 is 17.7 Å². The van der Waals surface area contributed by atoms with Gasteiger partial charge < -0.3 is 20.9 Å². The highest BCUT2D eigenvalue weighted by atomic mass is 19.1. The first-order valence-corrected chi connectivity index (χ1v) is 16.3. The molecule has 2 aliphatic rings. The molecular weight excluding hydrogens is 627 g/mol. The van der Waals surface area contributed by atoms with Crippen molar-refractivity contribution < 1.29 is 18.8 Å². The van der Waals surface area contributed by atoms with Crippen LogP contribution in [0.2, 0.25) is 0 Å². The molecule has 2 heterocycles. The smallest absolute Gasteiger partial charge is 0.348 e. The van der Waals surface area contributed by atoms with Crippen molar-refractivity contribution in [1.82, 2.24) is 35.6 Å². The number of nitriles is 1. The molecule has 252 valence electrons. The lowest BCUT2D eigenvalue weighted by Gasteiger charge is -2.35. The molecule has 0 saturated carbocycles. The van der Waals surface area contributed by atoms with Gasteiger partial charge in [0.05, 0.1) is 23.7 Å². The van der Waals surface area contributed by atoms with Crippen molar-refractivity contribution in [2.75, 3.05) is 33.7 Å². The summed E-state index contributed by atoms with van der Waals surface area (Å²) < 4.78 is 15.0. The fourth-order valence-electron chi connectivity index (χ4n) is 7.11. The average Bonchev–Trinajstić information content (AvgIpc) is 3.74. The Hall–Kier alpha value is -5.61. The van der Waals surface area contributed by atoms with Crippen LogP contribution in [0.1, 0.15) is 68.1 Å². The summed E-state index contributed by atoms with van der Waals surface area (Å²) in [5.74, 6) is -0.805. The third-order valence-corrected chi connectivity index (χ3v) is 9.54. The molecule has 3 aromatic carbocycles. The van der Waals surface area contributed by atoms with Crippen LogP contribution >= 0.6 is 0 Å². The summed E-state index contributed by atoms with van der Waals surface area (Å²) in [7, 11) is 3.13. The number of amides is 3. The van der Waals surface area contributed by atoms with Crippen molar-refractivity contribution in [3.63, 3.8) is 0 Å². The molecule has 1 unspecified atom stereocenters. The van der Waals surface area contributed by atoms with Gasteiger partial charge in [0.25, 0.3) is 11.8 Å². The van der Waals surface area contributed by atoms with E-state index in [1.54, 1.807) is 31.1 Å². The number of fused-ring (bicyclic) bond motifs is 2. The minimum atomic E-state index is -1.12. The van der Waals surface area contributed by atoms with Gasteiger partial charge in [-0.05, 0) is 109 Å². The fraction of sp³-hybridized carbons (Fsp3) is 0.333. The zero-order valence-corrected chi connectivity index (χ0v) is 27.3. The molecule has 1 aliphatic heterocycles. The van der Waals surface area contributed by atoms with Crippen LogP contribution in [0.5, 0.6) is 0 Å². The van der Waals surface area contributed by atoms with Crippen LogP contribution in [0, 0.1) is 17.1 Å². The van der Waals surface area contributed by atoms with E-state index in [2.05, 4.69) is 27.0 Å². The second kappa shape index (κ2) is 13.9. The maximum absolute atomic E-state index is 13.8. The minimum absolute atomic E-state index is 0.0136. The predicted octanol–water partition coefficient (Wildman–Crippen LogP) is 2.35. The first kappa shape index (κ1) is 33.3. The number of H-pyrrole nitrogens is 1. The Bertz CT molecular complexity index is 1940. The lowest BCUT2D eigenvalue weighted by molar-refractivity contribution is -0.130. The fourth-order valence-corrected chi connectivity index (χ4v) is 7.11. The summed E-state index contributed by atoms with van der Waals surface area (Å²) in [6.07, 6.45) is 2.81. The summed E-state index contributed by atoms with van der Waals surface area (Å²) in [5.41, 5.74) is 3.00. The van der Waals surface area contributed by atoms with E-state index in [4.69, 9.17) is 5.10 Å². The molecule has 1 atom stereocenters. The second-order valence-electron chi connectivity index (χ2n) is 12.3. The molecule has 4 N–H and O–H groups in total. The summed E-state index contributed by atoms with van der Waals surface area (Å²) in [6.45, 7) is 0.849. The maximum Gasteiger partial charge on any atom is 0.348 e. The first-order chi connectivity index (χ1) is 23.7. The number of aromatic amines is 1. The number of halogens is 1. The number of carbonyl (C=O) groups is 3. The zero-order chi connectivity index (χ0) is 34.7. The van der Waals surface area contributed by atoms with Gasteiger partial charge in [-0.15, -0.1) is 5.10 Å². The van der Waals surface area contributed by atoms with E-state index in [-0.39, 0.29) is 24.3 Å². The maximum atomic E-state index is 13.8. The van der Waals surface area contributed by atoms with Crippen LogP contribution in [0.25, 0.3) is 5.69 Å². The van der Waals surface area contributed by atoms with Gasteiger partial charge in [-0.1, -0.05) is 12.1 Å². The lowest BCUT2D eigenvalue weighted by Crippen LogP contribution is -2.42. The Balaban J connectivity index is 1.50. The quantitative estimate of drug-likeness (QED) is 0.200. The number of hydrogen-bond donors (Lipinski definition) is 4. The molecule has 1 aliphatic carbocycles. The van der Waals surface area contributed by atoms with Gasteiger partial charge in [0.15, 0.2) is 0 Å². The molecule has 13 heteroatoms. The number of hydrogen-bond acceptors (Lipinski definition) is 7. The summed E-state index contributed by atoms with van der Waals surface area (Å²) in [4.78, 5) is 56.7. The molecule has 0 spiro atoms. The van der Waals surface area contributed by atoms with E-state index in [1.165, 1.54) is 28.9 Å². The Morgan fingerprint density at radius 1 is 0.980 bits per heavy atom. The number of benzene rings is 3. The molecule has 0 radical (unpaired) electrons. The van der Waals surface area contributed by atoms with Crippen molar-refractivity contribution in [1.29, 1.82) is 5.26 Å². The molecule has 1 saturated heterocycles. The van der Waals surface area contributed by atoms with E-state index in [1.807, 2.05) is 24.3 Å². The normalized spacial score (nSPS) is 16.2. The van der Waals surface area contributed by atoms with E-state index in [9.17, 15) is 28.8 Å². The van der Waals surface area contributed by atoms with Crippen molar-refractivity contribution in [2.45, 2.75) is 43.6 Å². The van der Waals surface area contributed by atoms with E-state index >= 15 is 0 Å². The predicted molar refractivity (Wildman–Crippen MR) is 179 cm³/mol. The Labute approximate surface area is 282 Å². The largest absolute Gasteiger partial charge is 0.355 e. The van der Waals surface area contributed by atoms with Gasteiger partial charge >= 0.3 is 5.69 Å². The number of nitrogens with one attached hydrogen (secondary N) is 4.